The van der Waals surface area contributed by atoms with Crippen LogP contribution in [0.5, 0.6) is 0 Å². The number of hydrogen-bond donors (Lipinski definition) is 2. The summed E-state index contributed by atoms with van der Waals surface area (Å²) in [6, 6.07) is 16.3. The summed E-state index contributed by atoms with van der Waals surface area (Å²) in [6.07, 6.45) is 2.79. The molecule has 226 valence electrons. The summed E-state index contributed by atoms with van der Waals surface area (Å²) in [6.45, 7) is 5.83. The van der Waals surface area contributed by atoms with Crippen LogP contribution in [0.3, 0.4) is 0 Å². The molecule has 0 bridgehead atoms. The second-order valence-corrected chi connectivity index (χ2v) is 15.1. The highest BCUT2D eigenvalue weighted by atomic mass is 32.2. The van der Waals surface area contributed by atoms with E-state index in [9.17, 15) is 21.6 Å². The summed E-state index contributed by atoms with van der Waals surface area (Å²) in [5, 5.41) is 3.21. The van der Waals surface area contributed by atoms with Gasteiger partial charge in [0.2, 0.25) is 26.0 Å². The molecule has 0 saturated carbocycles. The van der Waals surface area contributed by atoms with Crippen molar-refractivity contribution in [2.75, 3.05) is 49.1 Å². The van der Waals surface area contributed by atoms with Crippen LogP contribution in [-0.4, -0.2) is 84.5 Å². The Bertz CT molecular complexity index is 1390. The van der Waals surface area contributed by atoms with Gasteiger partial charge in [0.15, 0.2) is 0 Å². The van der Waals surface area contributed by atoms with Gasteiger partial charge in [-0.25, -0.2) is 21.6 Å². The molecule has 4 rings (SSSR count). The molecule has 0 aromatic heterocycles. The normalized spacial score (nSPS) is 17.7. The molecule has 0 unspecified atom stereocenters. The first kappa shape index (κ1) is 31.4. The number of carbonyl (C=O) groups is 1. The number of carbonyl (C=O) groups excluding carboxylic acids is 1. The van der Waals surface area contributed by atoms with Gasteiger partial charge in [0.05, 0.1) is 30.9 Å². The minimum atomic E-state index is -3.73. The van der Waals surface area contributed by atoms with Crippen LogP contribution in [0.2, 0.25) is 0 Å². The zero-order chi connectivity index (χ0) is 29.7. The Hall–Kier alpha value is -2.51. The molecule has 2 aliphatic heterocycles. The number of piperidine rings is 1. The van der Waals surface area contributed by atoms with E-state index in [0.29, 0.717) is 51.1 Å². The lowest BCUT2D eigenvalue weighted by atomic mass is 9.74. The van der Waals surface area contributed by atoms with E-state index in [1.165, 1.54) is 10.6 Å². The molecule has 0 aliphatic carbocycles. The number of fused-ring (bicyclic) bond motifs is 2. The highest BCUT2D eigenvalue weighted by molar-refractivity contribution is 7.92. The fraction of sp³-hybridized carbons (Fsp3) is 0.552. The van der Waals surface area contributed by atoms with Gasteiger partial charge in [0.1, 0.15) is 6.04 Å². The van der Waals surface area contributed by atoms with Crippen molar-refractivity contribution in [2.24, 2.45) is 0 Å². The number of anilines is 1. The molecule has 10 nitrogen and oxygen atoms in total. The zero-order valence-electron chi connectivity index (χ0n) is 24.1. The number of likely N-dealkylation sites (tertiary alicyclic amines) is 1. The number of hydrogen-bond acceptors (Lipinski definition) is 7. The van der Waals surface area contributed by atoms with Crippen LogP contribution in [0.4, 0.5) is 5.69 Å². The van der Waals surface area contributed by atoms with Crippen LogP contribution in [0, 0.1) is 0 Å². The van der Waals surface area contributed by atoms with E-state index in [1.807, 2.05) is 68.4 Å². The lowest BCUT2D eigenvalue weighted by Crippen LogP contribution is -2.55. The Balaban J connectivity index is 1.44. The van der Waals surface area contributed by atoms with Crippen LogP contribution < -0.4 is 14.3 Å². The maximum atomic E-state index is 13.7. The number of nitrogens with one attached hydrogen (secondary N) is 2. The smallest absolute Gasteiger partial charge is 0.243 e. The lowest BCUT2D eigenvalue weighted by molar-refractivity contribution is -0.136. The molecule has 2 heterocycles. The van der Waals surface area contributed by atoms with E-state index >= 15 is 0 Å². The SMILES string of the molecule is CC(C)NCCCS(=O)(=O)N[C@H](COCc1ccccc1)C(=O)N1CCC2(CC1)CN(S(C)(=O)=O)c1ccccc12. The highest BCUT2D eigenvalue weighted by Gasteiger charge is 2.48. The minimum absolute atomic E-state index is 0.0937. The van der Waals surface area contributed by atoms with E-state index in [4.69, 9.17) is 4.74 Å². The first-order chi connectivity index (χ1) is 19.4. The third-order valence-electron chi connectivity index (χ3n) is 7.78. The zero-order valence-corrected chi connectivity index (χ0v) is 25.7. The molecule has 2 N–H and O–H groups in total. The fourth-order valence-electron chi connectivity index (χ4n) is 5.64. The number of amides is 1. The van der Waals surface area contributed by atoms with Gasteiger partial charge in [0, 0.05) is 31.1 Å². The Morgan fingerprint density at radius 2 is 1.66 bits per heavy atom. The molecule has 1 amide bonds. The first-order valence-electron chi connectivity index (χ1n) is 14.1. The first-order valence-corrected chi connectivity index (χ1v) is 17.6. The van der Waals surface area contributed by atoms with E-state index in [2.05, 4.69) is 10.0 Å². The quantitative estimate of drug-likeness (QED) is 0.335. The molecule has 1 atom stereocenters. The van der Waals surface area contributed by atoms with Crippen molar-refractivity contribution in [1.82, 2.24) is 14.9 Å². The molecule has 41 heavy (non-hydrogen) atoms. The van der Waals surface area contributed by atoms with Gasteiger partial charge in [0.25, 0.3) is 0 Å². The van der Waals surface area contributed by atoms with Crippen LogP contribution in [0.15, 0.2) is 54.6 Å². The number of ether oxygens (including phenoxy) is 1. The minimum Gasteiger partial charge on any atom is -0.375 e. The van der Waals surface area contributed by atoms with Crippen molar-refractivity contribution in [1.29, 1.82) is 0 Å². The second kappa shape index (κ2) is 13.2. The van der Waals surface area contributed by atoms with Gasteiger partial charge < -0.3 is 15.0 Å². The van der Waals surface area contributed by atoms with Gasteiger partial charge in [-0.15, -0.1) is 0 Å². The number of nitrogens with zero attached hydrogens (tertiary/aromatic N) is 2. The monoisotopic (exact) mass is 606 g/mol. The largest absolute Gasteiger partial charge is 0.375 e. The van der Waals surface area contributed by atoms with E-state index in [0.717, 1.165) is 11.1 Å². The van der Waals surface area contributed by atoms with Gasteiger partial charge in [-0.3, -0.25) is 9.10 Å². The molecule has 1 spiro atoms. The van der Waals surface area contributed by atoms with E-state index in [1.54, 1.807) is 4.90 Å². The van der Waals surface area contributed by atoms with Gasteiger partial charge in [-0.05, 0) is 43.0 Å². The maximum absolute atomic E-state index is 13.7. The third-order valence-corrected chi connectivity index (χ3v) is 10.4. The molecular formula is C29H42N4O6S2. The predicted octanol–water partition coefficient (Wildman–Crippen LogP) is 2.22. The molecule has 2 aromatic carbocycles. The van der Waals surface area contributed by atoms with Gasteiger partial charge in [-0.1, -0.05) is 62.4 Å². The van der Waals surface area contributed by atoms with Gasteiger partial charge >= 0.3 is 0 Å². The van der Waals surface area contributed by atoms with E-state index < -0.39 is 31.5 Å². The van der Waals surface area contributed by atoms with Crippen molar-refractivity contribution in [3.05, 3.63) is 65.7 Å². The van der Waals surface area contributed by atoms with Crippen molar-refractivity contribution in [2.45, 2.75) is 57.2 Å². The van der Waals surface area contributed by atoms with Crippen LogP contribution in [-0.2, 0) is 41.6 Å². The molecular weight excluding hydrogens is 564 g/mol. The van der Waals surface area contributed by atoms with Crippen molar-refractivity contribution in [3.63, 3.8) is 0 Å². The molecule has 2 aromatic rings. The van der Waals surface area contributed by atoms with E-state index in [-0.39, 0.29) is 30.9 Å². The van der Waals surface area contributed by atoms with Crippen LogP contribution in [0.1, 0.15) is 44.2 Å². The highest BCUT2D eigenvalue weighted by Crippen LogP contribution is 2.47. The van der Waals surface area contributed by atoms with Crippen LogP contribution in [0.25, 0.3) is 0 Å². The number of sulfonamides is 2. The van der Waals surface area contributed by atoms with Crippen molar-refractivity contribution < 1.29 is 26.4 Å². The number of para-hydroxylation sites is 1. The molecule has 12 heteroatoms. The third kappa shape index (κ3) is 8.07. The summed E-state index contributed by atoms with van der Waals surface area (Å²) in [4.78, 5) is 15.4. The molecule has 2 aliphatic rings. The van der Waals surface area contributed by atoms with Crippen molar-refractivity contribution in [3.8, 4) is 0 Å². The second-order valence-electron chi connectivity index (χ2n) is 11.3. The lowest BCUT2D eigenvalue weighted by Gasteiger charge is -2.40. The average molecular weight is 607 g/mol. The summed E-state index contributed by atoms with van der Waals surface area (Å²) >= 11 is 0. The Morgan fingerprint density at radius 1 is 1.00 bits per heavy atom. The predicted molar refractivity (Wildman–Crippen MR) is 161 cm³/mol. The summed E-state index contributed by atoms with van der Waals surface area (Å²) < 4.78 is 60.8. The Labute approximate surface area is 244 Å². The molecule has 1 saturated heterocycles. The number of rotatable bonds is 13. The Morgan fingerprint density at radius 3 is 2.32 bits per heavy atom. The molecule has 0 radical (unpaired) electrons. The van der Waals surface area contributed by atoms with Crippen molar-refractivity contribution >= 4 is 31.6 Å². The summed E-state index contributed by atoms with van der Waals surface area (Å²) in [7, 11) is -7.18. The Kier molecular flexibility index (Phi) is 10.1. The average Bonchev–Trinajstić information content (AvgIpc) is 3.25. The summed E-state index contributed by atoms with van der Waals surface area (Å²) in [5.41, 5.74) is 2.22. The summed E-state index contributed by atoms with van der Waals surface area (Å²) in [5.74, 6) is -0.431. The number of benzene rings is 2. The van der Waals surface area contributed by atoms with Crippen LogP contribution >= 0.6 is 0 Å². The van der Waals surface area contributed by atoms with Gasteiger partial charge in [-0.2, -0.15) is 0 Å². The topological polar surface area (TPSA) is 125 Å². The molecule has 1 fully saturated rings. The maximum Gasteiger partial charge on any atom is 0.243 e. The fourth-order valence-corrected chi connectivity index (χ4v) is 7.88. The standard InChI is InChI=1S/C29H42N4O6S2/c1-23(2)30-16-9-19-41(37,38)31-26(21-39-20-24-10-5-4-6-11-24)28(34)32-17-14-29(15-18-32)22-33(40(3,35)36)27-13-8-7-12-25(27)29/h4-8,10-13,23,26,30-31H,9,14-22H2,1-3H3/t26-/m1/s1.